The minimum absolute atomic E-state index is 0.172. The van der Waals surface area contributed by atoms with Gasteiger partial charge in [0.2, 0.25) is 5.91 Å². The summed E-state index contributed by atoms with van der Waals surface area (Å²) in [5, 5.41) is 0. The van der Waals surface area contributed by atoms with Gasteiger partial charge in [-0.15, -0.1) is 0 Å². The van der Waals surface area contributed by atoms with Crippen LogP contribution in [0.1, 0.15) is 37.7 Å². The topological polar surface area (TPSA) is 39.7 Å². The first-order chi connectivity index (χ1) is 15.3. The molecule has 1 aliphatic carbocycles. The lowest BCUT2D eigenvalue weighted by Gasteiger charge is -2.36. The Bertz CT molecular complexity index is 784. The molecule has 2 aliphatic rings. The number of hydrogen-bond acceptors (Lipinski definition) is 4. The molecule has 4 rings (SSSR count). The van der Waals surface area contributed by atoms with Crippen molar-refractivity contribution in [1.82, 2.24) is 14.8 Å². The van der Waals surface area contributed by atoms with E-state index in [0.717, 1.165) is 70.9 Å². The van der Waals surface area contributed by atoms with Crippen molar-refractivity contribution in [3.05, 3.63) is 60.3 Å². The molecule has 31 heavy (non-hydrogen) atoms. The molecule has 166 valence electrons. The minimum atomic E-state index is 0.172. The van der Waals surface area contributed by atoms with Gasteiger partial charge in [0.15, 0.2) is 0 Å². The summed E-state index contributed by atoms with van der Waals surface area (Å²) in [5.41, 5.74) is 1.41. The fraction of sp³-hybridized carbons (Fsp3) is 0.538. The highest BCUT2D eigenvalue weighted by molar-refractivity contribution is 5.94. The average molecular weight is 421 g/mol. The molecule has 0 atom stereocenters. The van der Waals surface area contributed by atoms with Crippen LogP contribution in [0.25, 0.3) is 0 Å². The van der Waals surface area contributed by atoms with E-state index < -0.39 is 0 Å². The van der Waals surface area contributed by atoms with Crippen molar-refractivity contribution in [2.45, 2.75) is 38.5 Å². The third-order valence-corrected chi connectivity index (χ3v) is 6.81. The Morgan fingerprint density at radius 1 is 0.871 bits per heavy atom. The van der Waals surface area contributed by atoms with Crippen molar-refractivity contribution in [1.29, 1.82) is 0 Å². The van der Waals surface area contributed by atoms with Crippen LogP contribution >= 0.6 is 0 Å². The van der Waals surface area contributed by atoms with Crippen LogP contribution in [0.3, 0.4) is 0 Å². The van der Waals surface area contributed by atoms with Crippen molar-refractivity contribution < 1.29 is 4.79 Å². The molecule has 5 heteroatoms. The van der Waals surface area contributed by atoms with Crippen molar-refractivity contribution in [3.8, 4) is 0 Å². The van der Waals surface area contributed by atoms with Crippen molar-refractivity contribution >= 4 is 11.7 Å². The predicted molar refractivity (Wildman–Crippen MR) is 126 cm³/mol. The molecule has 2 fully saturated rings. The highest BCUT2D eigenvalue weighted by Crippen LogP contribution is 2.27. The molecule has 2 aromatic rings. The molecule has 0 spiro atoms. The average Bonchev–Trinajstić information content (AvgIpc) is 2.85. The van der Waals surface area contributed by atoms with Gasteiger partial charge in [-0.2, -0.15) is 0 Å². The first kappa shape index (κ1) is 22.0. The van der Waals surface area contributed by atoms with Gasteiger partial charge in [0, 0.05) is 57.9 Å². The lowest BCUT2D eigenvalue weighted by molar-refractivity contribution is -0.123. The van der Waals surface area contributed by atoms with Crippen LogP contribution in [0.15, 0.2) is 54.7 Å². The number of rotatable bonds is 8. The summed E-state index contributed by atoms with van der Waals surface area (Å²) in [5.74, 6) is 1.25. The minimum Gasteiger partial charge on any atom is -0.300 e. The van der Waals surface area contributed by atoms with Gasteiger partial charge in [-0.05, 0) is 37.0 Å². The zero-order valence-electron chi connectivity index (χ0n) is 18.7. The van der Waals surface area contributed by atoms with E-state index in [2.05, 4.69) is 45.1 Å². The smallest absolute Gasteiger partial charge is 0.231 e. The molecule has 1 aliphatic heterocycles. The van der Waals surface area contributed by atoms with E-state index in [-0.39, 0.29) is 11.8 Å². The number of hydrogen-bond donors (Lipinski definition) is 0. The zero-order valence-corrected chi connectivity index (χ0v) is 18.7. The Morgan fingerprint density at radius 2 is 1.55 bits per heavy atom. The predicted octanol–water partition coefficient (Wildman–Crippen LogP) is 3.86. The van der Waals surface area contributed by atoms with Gasteiger partial charge in [-0.1, -0.05) is 55.7 Å². The summed E-state index contributed by atoms with van der Waals surface area (Å²) in [6.45, 7) is 7.13. The summed E-state index contributed by atoms with van der Waals surface area (Å²) in [6, 6.07) is 16.6. The molecule has 0 radical (unpaired) electrons. The van der Waals surface area contributed by atoms with E-state index in [1.807, 2.05) is 23.1 Å². The summed E-state index contributed by atoms with van der Waals surface area (Å²) >= 11 is 0. The maximum atomic E-state index is 13.3. The number of nitrogens with zero attached hydrogens (tertiary/aromatic N) is 4. The molecule has 0 unspecified atom stereocenters. The lowest BCUT2D eigenvalue weighted by Crippen LogP contribution is -2.50. The Morgan fingerprint density at radius 3 is 2.23 bits per heavy atom. The number of amides is 1. The van der Waals surface area contributed by atoms with E-state index in [1.165, 1.54) is 24.8 Å². The van der Waals surface area contributed by atoms with E-state index in [9.17, 15) is 4.79 Å². The SMILES string of the molecule is O=C(C1CCCCC1)N(CCN1CCN(CCc2ccccc2)CC1)c1ccccn1. The summed E-state index contributed by atoms with van der Waals surface area (Å²) in [7, 11) is 0. The van der Waals surface area contributed by atoms with E-state index >= 15 is 0 Å². The third kappa shape index (κ3) is 6.37. The Kier molecular flexibility index (Phi) is 8.08. The number of piperazine rings is 1. The second kappa shape index (κ2) is 11.4. The van der Waals surface area contributed by atoms with Crippen LogP contribution in [0.5, 0.6) is 0 Å². The quantitative estimate of drug-likeness (QED) is 0.650. The summed E-state index contributed by atoms with van der Waals surface area (Å²) in [4.78, 5) is 24.8. The number of aromatic nitrogens is 1. The van der Waals surface area contributed by atoms with Gasteiger partial charge >= 0.3 is 0 Å². The van der Waals surface area contributed by atoms with Crippen LogP contribution < -0.4 is 4.90 Å². The first-order valence-electron chi connectivity index (χ1n) is 12.0. The summed E-state index contributed by atoms with van der Waals surface area (Å²) in [6.07, 6.45) is 8.59. The van der Waals surface area contributed by atoms with Crippen molar-refractivity contribution in [2.75, 3.05) is 50.7 Å². The van der Waals surface area contributed by atoms with Crippen LogP contribution in [0, 0.1) is 5.92 Å². The van der Waals surface area contributed by atoms with Crippen LogP contribution in [-0.4, -0.2) is 66.5 Å². The van der Waals surface area contributed by atoms with Gasteiger partial charge in [0.05, 0.1) is 0 Å². The van der Waals surface area contributed by atoms with E-state index in [1.54, 1.807) is 6.20 Å². The Balaban J connectivity index is 1.27. The van der Waals surface area contributed by atoms with Crippen LogP contribution in [0.4, 0.5) is 5.82 Å². The number of carbonyl (C=O) groups is 1. The zero-order chi connectivity index (χ0) is 21.3. The fourth-order valence-corrected chi connectivity index (χ4v) is 4.83. The first-order valence-corrected chi connectivity index (χ1v) is 12.0. The van der Waals surface area contributed by atoms with Gasteiger partial charge in [-0.25, -0.2) is 4.98 Å². The normalized spacial score (nSPS) is 18.7. The van der Waals surface area contributed by atoms with Crippen molar-refractivity contribution in [3.63, 3.8) is 0 Å². The molecule has 1 aromatic carbocycles. The number of carbonyl (C=O) groups excluding carboxylic acids is 1. The highest BCUT2D eigenvalue weighted by atomic mass is 16.2. The number of benzene rings is 1. The molecule has 1 saturated carbocycles. The number of pyridine rings is 1. The van der Waals surface area contributed by atoms with Crippen LogP contribution in [0.2, 0.25) is 0 Å². The van der Waals surface area contributed by atoms with Gasteiger partial charge in [-0.3, -0.25) is 14.6 Å². The van der Waals surface area contributed by atoms with E-state index in [4.69, 9.17) is 0 Å². The monoisotopic (exact) mass is 420 g/mol. The van der Waals surface area contributed by atoms with Gasteiger partial charge in [0.1, 0.15) is 5.82 Å². The molecule has 1 aromatic heterocycles. The fourth-order valence-electron chi connectivity index (χ4n) is 4.83. The molecule has 2 heterocycles. The maximum absolute atomic E-state index is 13.3. The summed E-state index contributed by atoms with van der Waals surface area (Å²) < 4.78 is 0. The number of anilines is 1. The Hall–Kier alpha value is -2.24. The third-order valence-electron chi connectivity index (χ3n) is 6.81. The second-order valence-corrected chi connectivity index (χ2v) is 8.93. The molecule has 5 nitrogen and oxygen atoms in total. The largest absolute Gasteiger partial charge is 0.300 e. The highest BCUT2D eigenvalue weighted by Gasteiger charge is 2.28. The maximum Gasteiger partial charge on any atom is 0.231 e. The van der Waals surface area contributed by atoms with Gasteiger partial charge in [0.25, 0.3) is 0 Å². The molecule has 1 amide bonds. The van der Waals surface area contributed by atoms with Crippen molar-refractivity contribution in [2.24, 2.45) is 5.92 Å². The second-order valence-electron chi connectivity index (χ2n) is 8.93. The van der Waals surface area contributed by atoms with E-state index in [0.29, 0.717) is 0 Å². The van der Waals surface area contributed by atoms with Gasteiger partial charge < -0.3 is 4.90 Å². The lowest BCUT2D eigenvalue weighted by atomic mass is 9.88. The Labute approximate surface area is 187 Å². The molecular formula is C26H36N4O. The van der Waals surface area contributed by atoms with Crippen LogP contribution in [-0.2, 0) is 11.2 Å². The standard InChI is InChI=1S/C26H36N4O/c31-26(24-11-5-2-6-12-24)30(25-13-7-8-15-27-25)22-21-29-19-17-28(18-20-29)16-14-23-9-3-1-4-10-23/h1,3-4,7-10,13,15,24H,2,5-6,11-12,14,16-22H2. The molecular weight excluding hydrogens is 384 g/mol. The molecule has 0 N–H and O–H groups in total. The molecule has 1 saturated heterocycles. The molecule has 0 bridgehead atoms.